The molecule has 7 nitrogen and oxygen atoms in total. The Kier molecular flexibility index (Phi) is 8.96. The molecule has 1 N–H and O–H groups in total. The van der Waals surface area contributed by atoms with E-state index in [-0.39, 0.29) is 10.9 Å². The number of nitrogens with one attached hydrogen (secondary N) is 1. The van der Waals surface area contributed by atoms with Gasteiger partial charge in [0.15, 0.2) is 17.4 Å². The van der Waals surface area contributed by atoms with E-state index < -0.39 is 5.82 Å². The molecule has 0 amide bonds. The summed E-state index contributed by atoms with van der Waals surface area (Å²) in [5.41, 5.74) is 1.56. The number of terminal acetylenes is 1. The van der Waals surface area contributed by atoms with Gasteiger partial charge in [0.05, 0.1) is 16.5 Å². The van der Waals surface area contributed by atoms with Crippen LogP contribution in [0.15, 0.2) is 64.3 Å². The molecule has 10 heteroatoms. The van der Waals surface area contributed by atoms with E-state index in [1.54, 1.807) is 41.7 Å². The van der Waals surface area contributed by atoms with Gasteiger partial charge in [0.1, 0.15) is 22.8 Å². The van der Waals surface area contributed by atoms with Crippen LogP contribution in [0.1, 0.15) is 20.3 Å². The number of benzene rings is 1. The monoisotopic (exact) mass is 542 g/mol. The van der Waals surface area contributed by atoms with Gasteiger partial charge in [-0.05, 0) is 53.2 Å². The Hall–Kier alpha value is -3.48. The van der Waals surface area contributed by atoms with Crippen LogP contribution in [0.2, 0.25) is 5.15 Å². The smallest absolute Gasteiger partial charge is 0.167 e. The van der Waals surface area contributed by atoms with Crippen molar-refractivity contribution in [3.05, 3.63) is 70.1 Å². The van der Waals surface area contributed by atoms with Gasteiger partial charge in [0.2, 0.25) is 0 Å². The van der Waals surface area contributed by atoms with Gasteiger partial charge in [-0.2, -0.15) is 5.10 Å². The summed E-state index contributed by atoms with van der Waals surface area (Å²) in [5, 5.41) is 9.21. The molecule has 1 aliphatic heterocycles. The van der Waals surface area contributed by atoms with E-state index in [0.29, 0.717) is 39.3 Å². The summed E-state index contributed by atoms with van der Waals surface area (Å²) < 4.78 is 20.9. The second kappa shape index (κ2) is 12.1. The van der Waals surface area contributed by atoms with Crippen LogP contribution in [0.5, 0.6) is 5.75 Å². The first-order chi connectivity index (χ1) is 16.4. The van der Waals surface area contributed by atoms with E-state index in [1.165, 1.54) is 12.4 Å². The highest BCUT2D eigenvalue weighted by Crippen LogP contribution is 2.30. The average molecular weight is 544 g/mol. The zero-order chi connectivity index (χ0) is 24.5. The summed E-state index contributed by atoms with van der Waals surface area (Å²) >= 11 is 9.41. The molecule has 0 fully saturated rings. The maximum atomic E-state index is 14.6. The fourth-order valence-electron chi connectivity index (χ4n) is 2.74. The van der Waals surface area contributed by atoms with Crippen LogP contribution in [0, 0.1) is 18.2 Å². The molecule has 0 saturated carbocycles. The molecule has 1 aliphatic rings. The van der Waals surface area contributed by atoms with Crippen LogP contribution < -0.4 is 10.1 Å². The zero-order valence-corrected chi connectivity index (χ0v) is 20.8. The quantitative estimate of drug-likeness (QED) is 0.226. The van der Waals surface area contributed by atoms with Crippen molar-refractivity contribution in [2.24, 2.45) is 5.10 Å². The highest BCUT2D eigenvalue weighted by atomic mass is 79.9. The Bertz CT molecular complexity index is 1300. The minimum absolute atomic E-state index is 0.113. The van der Waals surface area contributed by atoms with Crippen molar-refractivity contribution in [2.45, 2.75) is 20.3 Å². The Balaban J connectivity index is 0.000000751. The van der Waals surface area contributed by atoms with E-state index in [1.807, 2.05) is 19.9 Å². The number of hydrogen-bond acceptors (Lipinski definition) is 7. The van der Waals surface area contributed by atoms with Gasteiger partial charge >= 0.3 is 0 Å². The number of aromatic nitrogens is 3. The number of anilines is 2. The molecule has 0 bridgehead atoms. The van der Waals surface area contributed by atoms with Gasteiger partial charge in [0.25, 0.3) is 0 Å². The fourth-order valence-corrected chi connectivity index (χ4v) is 3.18. The van der Waals surface area contributed by atoms with Crippen molar-refractivity contribution >= 4 is 56.3 Å². The Morgan fingerprint density at radius 1 is 1.38 bits per heavy atom. The van der Waals surface area contributed by atoms with Gasteiger partial charge in [-0.1, -0.05) is 18.5 Å². The Morgan fingerprint density at radius 3 is 2.82 bits per heavy atom. The van der Waals surface area contributed by atoms with Crippen LogP contribution in [0.4, 0.5) is 15.9 Å². The topological polar surface area (TPSA) is 75.5 Å². The summed E-state index contributed by atoms with van der Waals surface area (Å²) in [6.45, 7) is 4.33. The molecular formula is C24H21BrClFN6O. The van der Waals surface area contributed by atoms with Crippen molar-refractivity contribution in [1.82, 2.24) is 20.0 Å². The summed E-state index contributed by atoms with van der Waals surface area (Å²) in [7, 11) is 0. The van der Waals surface area contributed by atoms with E-state index in [2.05, 4.69) is 47.2 Å². The normalized spacial score (nSPS) is 12.7. The second-order valence-electron chi connectivity index (χ2n) is 6.70. The van der Waals surface area contributed by atoms with E-state index in [0.717, 1.165) is 6.42 Å². The largest absolute Gasteiger partial charge is 0.454 e. The van der Waals surface area contributed by atoms with Gasteiger partial charge in [-0.25, -0.2) is 19.3 Å². The molecule has 3 heterocycles. The van der Waals surface area contributed by atoms with Crippen LogP contribution in [0.25, 0.3) is 11.0 Å². The highest BCUT2D eigenvalue weighted by Gasteiger charge is 2.12. The van der Waals surface area contributed by atoms with Crippen LogP contribution >= 0.6 is 27.5 Å². The minimum Gasteiger partial charge on any atom is -0.454 e. The molecule has 0 aliphatic carbocycles. The maximum absolute atomic E-state index is 14.6. The van der Waals surface area contributed by atoms with Crippen molar-refractivity contribution in [1.29, 1.82) is 0 Å². The predicted octanol–water partition coefficient (Wildman–Crippen LogP) is 6.45. The van der Waals surface area contributed by atoms with E-state index >= 15 is 0 Å². The number of nitrogens with zero attached hydrogens (tertiary/aromatic N) is 5. The molecule has 0 saturated heterocycles. The zero-order valence-electron chi connectivity index (χ0n) is 18.5. The van der Waals surface area contributed by atoms with Crippen LogP contribution in [-0.2, 0) is 0 Å². The van der Waals surface area contributed by atoms with Gasteiger partial charge in [0, 0.05) is 30.6 Å². The van der Waals surface area contributed by atoms with Crippen molar-refractivity contribution < 1.29 is 9.13 Å². The summed E-state index contributed by atoms with van der Waals surface area (Å²) in [4.78, 5) is 12.7. The standard InChI is InChI=1S/C20H15BrClFN6O.C4H6/c1-2-26-29-7-5-13(6-8-29)30-17-4-3-12(9-15(17)23)27-20-18-16(24-11-25-20)10-14(21)19(22)28-18;1-3-4-2/h2-7,9-11H,8H2,1H3,(H,24,25,27);1H,4H2,2H3/b26-2-;. The van der Waals surface area contributed by atoms with Crippen molar-refractivity contribution in [3.63, 3.8) is 0 Å². The predicted molar refractivity (Wildman–Crippen MR) is 138 cm³/mol. The number of allylic oxidation sites excluding steroid dienone is 1. The number of pyridine rings is 1. The summed E-state index contributed by atoms with van der Waals surface area (Å²) in [6.07, 6.45) is 14.0. The lowest BCUT2D eigenvalue weighted by Crippen LogP contribution is -2.14. The number of hydrazone groups is 1. The number of fused-ring (bicyclic) bond motifs is 1. The van der Waals surface area contributed by atoms with Crippen molar-refractivity contribution in [3.8, 4) is 18.1 Å². The summed E-state index contributed by atoms with van der Waals surface area (Å²) in [6, 6.07) is 6.30. The van der Waals surface area contributed by atoms with Gasteiger partial charge in [-0.3, -0.25) is 5.01 Å². The molecule has 0 atom stereocenters. The molecule has 3 aromatic rings. The van der Waals surface area contributed by atoms with Gasteiger partial charge in [-0.15, -0.1) is 12.3 Å². The summed E-state index contributed by atoms with van der Waals surface area (Å²) in [5.74, 6) is 2.98. The van der Waals surface area contributed by atoms with Gasteiger partial charge < -0.3 is 10.1 Å². The first-order valence-corrected chi connectivity index (χ1v) is 11.4. The number of rotatable bonds is 5. The number of ether oxygens (including phenoxy) is 1. The lowest BCUT2D eigenvalue weighted by atomic mass is 10.2. The van der Waals surface area contributed by atoms with E-state index in [4.69, 9.17) is 22.8 Å². The average Bonchev–Trinajstić information content (AvgIpc) is 2.83. The molecule has 4 rings (SSSR count). The number of hydrogen-bond donors (Lipinski definition) is 1. The lowest BCUT2D eigenvalue weighted by molar-refractivity contribution is 0.380. The third-order valence-corrected chi connectivity index (χ3v) is 5.42. The third-order valence-electron chi connectivity index (χ3n) is 4.30. The minimum atomic E-state index is -0.518. The first-order valence-electron chi connectivity index (χ1n) is 10.2. The molecule has 1 aromatic carbocycles. The van der Waals surface area contributed by atoms with Crippen molar-refractivity contribution in [2.75, 3.05) is 11.9 Å². The third kappa shape index (κ3) is 6.53. The maximum Gasteiger partial charge on any atom is 0.167 e. The van der Waals surface area contributed by atoms with Crippen LogP contribution in [-0.4, -0.2) is 32.7 Å². The SMILES string of the molecule is C#CCC.C/C=N\N1C=CC(Oc2ccc(Nc3ncnc4cc(Br)c(Cl)nc34)cc2F)=CC1. The first kappa shape index (κ1) is 25.1. The molecule has 0 spiro atoms. The Labute approximate surface area is 210 Å². The molecule has 174 valence electrons. The molecule has 0 radical (unpaired) electrons. The second-order valence-corrected chi connectivity index (χ2v) is 7.91. The molecule has 34 heavy (non-hydrogen) atoms. The fraction of sp³-hybridized carbons (Fsp3) is 0.167. The molecule has 2 aromatic heterocycles. The Morgan fingerprint density at radius 2 is 2.18 bits per heavy atom. The number of halogens is 3. The lowest BCUT2D eigenvalue weighted by Gasteiger charge is -2.17. The highest BCUT2D eigenvalue weighted by molar-refractivity contribution is 9.10. The van der Waals surface area contributed by atoms with Crippen LogP contribution in [0.3, 0.4) is 0 Å². The molecule has 0 unspecified atom stereocenters. The molecular weight excluding hydrogens is 523 g/mol. The van der Waals surface area contributed by atoms with E-state index in [9.17, 15) is 4.39 Å².